The van der Waals surface area contributed by atoms with Gasteiger partial charge in [-0.25, -0.2) is 0 Å². The van der Waals surface area contributed by atoms with Gasteiger partial charge in [-0.1, -0.05) is 26.0 Å². The van der Waals surface area contributed by atoms with E-state index in [-0.39, 0.29) is 11.6 Å². The van der Waals surface area contributed by atoms with Crippen molar-refractivity contribution < 1.29 is 9.47 Å². The van der Waals surface area contributed by atoms with Crippen LogP contribution in [0.4, 0.5) is 0 Å². The Kier molecular flexibility index (Phi) is 4.95. The first-order valence-electron chi connectivity index (χ1n) is 7.83. The molecular weight excluding hydrogens is 262 g/mol. The van der Waals surface area contributed by atoms with Crippen LogP contribution < -0.4 is 10.1 Å². The van der Waals surface area contributed by atoms with Crippen molar-refractivity contribution in [3.05, 3.63) is 29.8 Å². The minimum Gasteiger partial charge on any atom is -0.497 e. The molecule has 1 aliphatic rings. The molecule has 0 aromatic heterocycles. The SMILES string of the molecule is CNC(c1cccc(OC)c1)C1(OC)CCC(C)(C)CC1. The molecule has 0 radical (unpaired) electrons. The summed E-state index contributed by atoms with van der Waals surface area (Å²) in [4.78, 5) is 0. The summed E-state index contributed by atoms with van der Waals surface area (Å²) in [7, 11) is 5.58. The maximum Gasteiger partial charge on any atom is 0.119 e. The molecule has 118 valence electrons. The highest BCUT2D eigenvalue weighted by atomic mass is 16.5. The molecule has 1 saturated carbocycles. The van der Waals surface area contributed by atoms with Crippen LogP contribution in [0.1, 0.15) is 51.1 Å². The Morgan fingerprint density at radius 3 is 2.29 bits per heavy atom. The van der Waals surface area contributed by atoms with Gasteiger partial charge in [0.1, 0.15) is 5.75 Å². The van der Waals surface area contributed by atoms with E-state index in [9.17, 15) is 0 Å². The van der Waals surface area contributed by atoms with Gasteiger partial charge in [0.25, 0.3) is 0 Å². The molecule has 1 fully saturated rings. The molecule has 0 aliphatic heterocycles. The molecule has 0 saturated heterocycles. The summed E-state index contributed by atoms with van der Waals surface area (Å²) >= 11 is 0. The van der Waals surface area contributed by atoms with Crippen molar-refractivity contribution in [3.8, 4) is 5.75 Å². The first kappa shape index (κ1) is 16.3. The summed E-state index contributed by atoms with van der Waals surface area (Å²) in [5.41, 5.74) is 1.53. The first-order valence-corrected chi connectivity index (χ1v) is 7.83. The maximum atomic E-state index is 6.05. The lowest BCUT2D eigenvalue weighted by molar-refractivity contribution is -0.0862. The van der Waals surface area contributed by atoms with Gasteiger partial charge in [-0.05, 0) is 55.8 Å². The van der Waals surface area contributed by atoms with Gasteiger partial charge in [-0.15, -0.1) is 0 Å². The Morgan fingerprint density at radius 1 is 1.10 bits per heavy atom. The second-order valence-corrected chi connectivity index (χ2v) is 6.93. The molecule has 1 atom stereocenters. The van der Waals surface area contributed by atoms with Gasteiger partial charge in [0, 0.05) is 7.11 Å². The number of nitrogens with one attached hydrogen (secondary N) is 1. The maximum absolute atomic E-state index is 6.05. The third-order valence-electron chi connectivity index (χ3n) is 5.10. The highest BCUT2D eigenvalue weighted by Gasteiger charge is 2.44. The Hall–Kier alpha value is -1.06. The molecule has 0 spiro atoms. The smallest absolute Gasteiger partial charge is 0.119 e. The zero-order valence-electron chi connectivity index (χ0n) is 14.0. The van der Waals surface area contributed by atoms with Gasteiger partial charge in [0.15, 0.2) is 0 Å². The number of benzene rings is 1. The number of rotatable bonds is 5. The quantitative estimate of drug-likeness (QED) is 0.891. The number of hydrogen-bond acceptors (Lipinski definition) is 3. The van der Waals surface area contributed by atoms with Gasteiger partial charge in [0.2, 0.25) is 0 Å². The van der Waals surface area contributed by atoms with Crippen molar-refractivity contribution in [2.75, 3.05) is 21.3 Å². The molecule has 2 rings (SSSR count). The fraction of sp³-hybridized carbons (Fsp3) is 0.667. The van der Waals surface area contributed by atoms with Crippen LogP contribution in [0.3, 0.4) is 0 Å². The van der Waals surface area contributed by atoms with Gasteiger partial charge in [-0.2, -0.15) is 0 Å². The van der Waals surface area contributed by atoms with Gasteiger partial charge < -0.3 is 14.8 Å². The molecule has 1 unspecified atom stereocenters. The zero-order chi connectivity index (χ0) is 15.5. The van der Waals surface area contributed by atoms with E-state index in [1.54, 1.807) is 7.11 Å². The largest absolute Gasteiger partial charge is 0.497 e. The lowest BCUT2D eigenvalue weighted by atomic mass is 9.67. The zero-order valence-corrected chi connectivity index (χ0v) is 14.0. The number of methoxy groups -OCH3 is 2. The Morgan fingerprint density at radius 2 is 1.76 bits per heavy atom. The fourth-order valence-corrected chi connectivity index (χ4v) is 3.52. The summed E-state index contributed by atoms with van der Waals surface area (Å²) in [6, 6.07) is 8.49. The van der Waals surface area contributed by atoms with Gasteiger partial charge in [0.05, 0.1) is 18.8 Å². The van der Waals surface area contributed by atoms with Crippen LogP contribution in [0.25, 0.3) is 0 Å². The van der Waals surface area contributed by atoms with Crippen LogP contribution in [0.5, 0.6) is 5.75 Å². The predicted octanol–water partition coefficient (Wildman–Crippen LogP) is 3.94. The van der Waals surface area contributed by atoms with E-state index in [1.165, 1.54) is 18.4 Å². The van der Waals surface area contributed by atoms with E-state index in [1.807, 2.05) is 20.2 Å². The molecule has 0 bridgehead atoms. The second kappa shape index (κ2) is 6.37. The van der Waals surface area contributed by atoms with Crippen molar-refractivity contribution in [3.63, 3.8) is 0 Å². The highest BCUT2D eigenvalue weighted by molar-refractivity contribution is 5.32. The van der Waals surface area contributed by atoms with Crippen molar-refractivity contribution >= 4 is 0 Å². The lowest BCUT2D eigenvalue weighted by Gasteiger charge is -2.47. The normalized spacial score (nSPS) is 21.8. The minimum atomic E-state index is -0.128. The molecule has 3 heteroatoms. The molecule has 1 aromatic rings. The number of likely N-dealkylation sites (N-methyl/N-ethyl adjacent to an activating group) is 1. The second-order valence-electron chi connectivity index (χ2n) is 6.93. The average Bonchev–Trinajstić information content (AvgIpc) is 2.50. The van der Waals surface area contributed by atoms with Crippen molar-refractivity contribution in [2.24, 2.45) is 5.41 Å². The van der Waals surface area contributed by atoms with Crippen molar-refractivity contribution in [1.29, 1.82) is 0 Å². The van der Waals surface area contributed by atoms with E-state index in [0.29, 0.717) is 5.41 Å². The summed E-state index contributed by atoms with van der Waals surface area (Å²) < 4.78 is 11.4. The van der Waals surface area contributed by atoms with E-state index < -0.39 is 0 Å². The van der Waals surface area contributed by atoms with Crippen LogP contribution in [0, 0.1) is 5.41 Å². The lowest BCUT2D eigenvalue weighted by Crippen LogP contribution is -2.48. The van der Waals surface area contributed by atoms with E-state index in [2.05, 4.69) is 37.4 Å². The van der Waals surface area contributed by atoms with Crippen LogP contribution >= 0.6 is 0 Å². The summed E-state index contributed by atoms with van der Waals surface area (Å²) in [6.45, 7) is 4.71. The molecule has 1 aromatic carbocycles. The van der Waals surface area contributed by atoms with E-state index in [0.717, 1.165) is 18.6 Å². The molecule has 0 heterocycles. The summed E-state index contributed by atoms with van der Waals surface area (Å²) in [6.07, 6.45) is 4.56. The topological polar surface area (TPSA) is 30.5 Å². The fourth-order valence-electron chi connectivity index (χ4n) is 3.52. The van der Waals surface area contributed by atoms with Crippen molar-refractivity contribution in [2.45, 2.75) is 51.2 Å². The molecule has 1 aliphatic carbocycles. The summed E-state index contributed by atoms with van der Waals surface area (Å²) in [5, 5.41) is 3.48. The highest BCUT2D eigenvalue weighted by Crippen LogP contribution is 2.47. The Balaban J connectivity index is 2.29. The summed E-state index contributed by atoms with van der Waals surface area (Å²) in [5.74, 6) is 0.898. The minimum absolute atomic E-state index is 0.128. The Labute approximate surface area is 129 Å². The third kappa shape index (κ3) is 3.41. The van der Waals surface area contributed by atoms with E-state index >= 15 is 0 Å². The Bertz CT molecular complexity index is 460. The third-order valence-corrected chi connectivity index (χ3v) is 5.10. The molecule has 1 N–H and O–H groups in total. The molecule has 3 nitrogen and oxygen atoms in total. The van der Waals surface area contributed by atoms with Crippen LogP contribution in [-0.2, 0) is 4.74 Å². The molecular formula is C18H29NO2. The first-order chi connectivity index (χ1) is 9.96. The molecule has 21 heavy (non-hydrogen) atoms. The van der Waals surface area contributed by atoms with Crippen LogP contribution in [0.2, 0.25) is 0 Å². The van der Waals surface area contributed by atoms with Gasteiger partial charge in [-0.3, -0.25) is 0 Å². The van der Waals surface area contributed by atoms with Crippen LogP contribution in [0.15, 0.2) is 24.3 Å². The predicted molar refractivity (Wildman–Crippen MR) is 86.8 cm³/mol. The molecule has 0 amide bonds. The van der Waals surface area contributed by atoms with Crippen molar-refractivity contribution in [1.82, 2.24) is 5.32 Å². The van der Waals surface area contributed by atoms with Crippen LogP contribution in [-0.4, -0.2) is 26.9 Å². The number of hydrogen-bond donors (Lipinski definition) is 1. The number of ether oxygens (including phenoxy) is 2. The van der Waals surface area contributed by atoms with E-state index in [4.69, 9.17) is 9.47 Å². The average molecular weight is 291 g/mol. The standard InChI is InChI=1S/C18H29NO2/c1-17(2)9-11-18(21-5,12-10-17)16(19-3)14-7-6-8-15(13-14)20-4/h6-8,13,16,19H,9-12H2,1-5H3. The monoisotopic (exact) mass is 291 g/mol. The van der Waals surface area contributed by atoms with Gasteiger partial charge >= 0.3 is 0 Å².